The lowest BCUT2D eigenvalue weighted by atomic mass is 9.95. The summed E-state index contributed by atoms with van der Waals surface area (Å²) in [6, 6.07) is 5.64. The van der Waals surface area contributed by atoms with Gasteiger partial charge in [-0.2, -0.15) is 0 Å². The number of benzene rings is 1. The summed E-state index contributed by atoms with van der Waals surface area (Å²) in [5.41, 5.74) is 1.77. The van der Waals surface area contributed by atoms with Gasteiger partial charge in [-0.15, -0.1) is 0 Å². The second kappa shape index (κ2) is 7.89. The van der Waals surface area contributed by atoms with Crippen molar-refractivity contribution in [3.05, 3.63) is 23.8 Å². The molecule has 0 spiro atoms. The minimum absolute atomic E-state index is 0.0602. The molecule has 1 heterocycles. The number of nitrogens with zero attached hydrogens (tertiary/aromatic N) is 1. The normalized spacial score (nSPS) is 14.7. The van der Waals surface area contributed by atoms with Crippen LogP contribution >= 0.6 is 0 Å². The van der Waals surface area contributed by atoms with Gasteiger partial charge in [0.25, 0.3) is 5.91 Å². The van der Waals surface area contributed by atoms with Crippen molar-refractivity contribution in [1.29, 1.82) is 0 Å². The van der Waals surface area contributed by atoms with Gasteiger partial charge >= 0.3 is 0 Å². The maximum atomic E-state index is 12.7. The second-order valence-electron chi connectivity index (χ2n) is 8.23. The molecule has 1 aromatic carbocycles. The lowest BCUT2D eigenvalue weighted by Crippen LogP contribution is -2.31. The van der Waals surface area contributed by atoms with E-state index in [1.165, 1.54) is 0 Å². The van der Waals surface area contributed by atoms with Crippen LogP contribution in [0.15, 0.2) is 18.2 Å². The fourth-order valence-electron chi connectivity index (χ4n) is 2.74. The van der Waals surface area contributed by atoms with Gasteiger partial charge in [0, 0.05) is 36.4 Å². The molecule has 0 aliphatic carbocycles. The van der Waals surface area contributed by atoms with Crippen molar-refractivity contribution < 1.29 is 9.59 Å². The van der Waals surface area contributed by atoms with E-state index in [2.05, 4.69) is 29.4 Å². The topological polar surface area (TPSA) is 61.4 Å². The fraction of sp³-hybridized carbons (Fsp3) is 0.600. The number of carbonyl (C=O) groups excluding carboxylic acids is 2. The fourth-order valence-corrected chi connectivity index (χ4v) is 2.74. The van der Waals surface area contributed by atoms with E-state index in [1.54, 1.807) is 6.07 Å². The van der Waals surface area contributed by atoms with Crippen LogP contribution in [-0.4, -0.2) is 31.4 Å². The molecule has 0 aromatic heterocycles. The largest absolute Gasteiger partial charge is 0.371 e. The third kappa shape index (κ3) is 5.21. The van der Waals surface area contributed by atoms with Crippen molar-refractivity contribution in [2.45, 2.75) is 47.5 Å². The predicted octanol–water partition coefficient (Wildman–Crippen LogP) is 3.66. The van der Waals surface area contributed by atoms with Crippen LogP contribution in [0.3, 0.4) is 0 Å². The Kier molecular flexibility index (Phi) is 6.09. The zero-order chi connectivity index (χ0) is 18.6. The summed E-state index contributed by atoms with van der Waals surface area (Å²) in [4.78, 5) is 27.2. The molecule has 138 valence electrons. The first kappa shape index (κ1) is 19.3. The number of anilines is 2. The number of rotatable bonds is 5. The van der Waals surface area contributed by atoms with Gasteiger partial charge in [-0.25, -0.2) is 0 Å². The molecule has 1 saturated heterocycles. The maximum Gasteiger partial charge on any atom is 0.253 e. The molecule has 2 amide bonds. The summed E-state index contributed by atoms with van der Waals surface area (Å²) in [5.74, 6) is 0.250. The molecule has 2 rings (SSSR count). The molecule has 25 heavy (non-hydrogen) atoms. The highest BCUT2D eigenvalue weighted by Crippen LogP contribution is 2.28. The molecule has 0 unspecified atom stereocenters. The Morgan fingerprint density at radius 3 is 2.36 bits per heavy atom. The SMILES string of the molecule is CC(C)CNC(=O)c1cc(NC(=O)C(C)(C)C)ccc1N1CCCC1. The van der Waals surface area contributed by atoms with Gasteiger partial charge in [-0.3, -0.25) is 9.59 Å². The third-order valence-corrected chi connectivity index (χ3v) is 4.30. The van der Waals surface area contributed by atoms with Crippen molar-refractivity contribution in [1.82, 2.24) is 5.32 Å². The Hall–Kier alpha value is -2.04. The van der Waals surface area contributed by atoms with Crippen molar-refractivity contribution in [3.8, 4) is 0 Å². The zero-order valence-electron chi connectivity index (χ0n) is 16.1. The summed E-state index contributed by atoms with van der Waals surface area (Å²) >= 11 is 0. The lowest BCUT2D eigenvalue weighted by Gasteiger charge is -2.23. The van der Waals surface area contributed by atoms with Crippen LogP contribution in [0.25, 0.3) is 0 Å². The van der Waals surface area contributed by atoms with E-state index < -0.39 is 5.41 Å². The molecular weight excluding hydrogens is 314 g/mol. The van der Waals surface area contributed by atoms with Crippen LogP contribution < -0.4 is 15.5 Å². The van der Waals surface area contributed by atoms with E-state index in [0.29, 0.717) is 23.7 Å². The van der Waals surface area contributed by atoms with Gasteiger partial charge < -0.3 is 15.5 Å². The van der Waals surface area contributed by atoms with E-state index in [4.69, 9.17) is 0 Å². The van der Waals surface area contributed by atoms with Crippen molar-refractivity contribution in [2.24, 2.45) is 11.3 Å². The molecule has 0 radical (unpaired) electrons. The molecule has 1 fully saturated rings. The molecule has 1 aromatic rings. The minimum atomic E-state index is -0.478. The van der Waals surface area contributed by atoms with Gasteiger partial charge in [0.2, 0.25) is 5.91 Å². The molecule has 0 atom stereocenters. The van der Waals surface area contributed by atoms with Crippen molar-refractivity contribution in [3.63, 3.8) is 0 Å². The molecule has 5 nitrogen and oxygen atoms in total. The highest BCUT2D eigenvalue weighted by Gasteiger charge is 2.23. The molecular formula is C20H31N3O2. The number of carbonyl (C=O) groups is 2. The van der Waals surface area contributed by atoms with Crippen molar-refractivity contribution >= 4 is 23.2 Å². The van der Waals surface area contributed by atoms with Gasteiger partial charge in [-0.1, -0.05) is 34.6 Å². The minimum Gasteiger partial charge on any atom is -0.371 e. The number of nitrogens with one attached hydrogen (secondary N) is 2. The van der Waals surface area contributed by atoms with Crippen LogP contribution in [0.1, 0.15) is 57.8 Å². The van der Waals surface area contributed by atoms with E-state index in [9.17, 15) is 9.59 Å². The summed E-state index contributed by atoms with van der Waals surface area (Å²) in [6.07, 6.45) is 2.30. The van der Waals surface area contributed by atoms with Gasteiger partial charge in [0.15, 0.2) is 0 Å². The molecule has 1 aliphatic rings. The molecule has 2 N–H and O–H groups in total. The van der Waals surface area contributed by atoms with E-state index >= 15 is 0 Å². The standard InChI is InChI=1S/C20H31N3O2/c1-14(2)13-21-18(24)16-12-15(22-19(25)20(3,4)5)8-9-17(16)23-10-6-7-11-23/h8-9,12,14H,6-7,10-11,13H2,1-5H3,(H,21,24)(H,22,25). The van der Waals surface area contributed by atoms with Crippen LogP contribution in [0, 0.1) is 11.3 Å². The molecule has 0 saturated carbocycles. The monoisotopic (exact) mass is 345 g/mol. The molecule has 0 bridgehead atoms. The Morgan fingerprint density at radius 2 is 1.80 bits per heavy atom. The molecule has 5 heteroatoms. The summed E-state index contributed by atoms with van der Waals surface area (Å²) < 4.78 is 0. The van der Waals surface area contributed by atoms with Gasteiger partial charge in [-0.05, 0) is 37.0 Å². The first-order chi connectivity index (χ1) is 11.7. The Labute approximate surface area is 151 Å². The zero-order valence-corrected chi connectivity index (χ0v) is 16.1. The quantitative estimate of drug-likeness (QED) is 0.856. The van der Waals surface area contributed by atoms with Gasteiger partial charge in [0.05, 0.1) is 5.56 Å². The highest BCUT2D eigenvalue weighted by molar-refractivity contribution is 6.02. The van der Waals surface area contributed by atoms with Gasteiger partial charge in [0.1, 0.15) is 0 Å². The Balaban J connectivity index is 2.28. The average molecular weight is 345 g/mol. The number of hydrogen-bond donors (Lipinski definition) is 2. The van der Waals surface area contributed by atoms with E-state index in [-0.39, 0.29) is 11.8 Å². The average Bonchev–Trinajstić information content (AvgIpc) is 3.05. The maximum absolute atomic E-state index is 12.7. The molecule has 1 aliphatic heterocycles. The second-order valence-corrected chi connectivity index (χ2v) is 8.23. The number of hydrogen-bond acceptors (Lipinski definition) is 3. The smallest absolute Gasteiger partial charge is 0.253 e. The van der Waals surface area contributed by atoms with Crippen LogP contribution in [-0.2, 0) is 4.79 Å². The Morgan fingerprint density at radius 1 is 1.16 bits per heavy atom. The number of amides is 2. The van der Waals surface area contributed by atoms with Crippen LogP contribution in [0.4, 0.5) is 11.4 Å². The Bertz CT molecular complexity index is 626. The lowest BCUT2D eigenvalue weighted by molar-refractivity contribution is -0.123. The van der Waals surface area contributed by atoms with Crippen molar-refractivity contribution in [2.75, 3.05) is 29.9 Å². The summed E-state index contributed by atoms with van der Waals surface area (Å²) in [7, 11) is 0. The first-order valence-corrected chi connectivity index (χ1v) is 9.17. The van der Waals surface area contributed by atoms with Crippen LogP contribution in [0.2, 0.25) is 0 Å². The van der Waals surface area contributed by atoms with E-state index in [0.717, 1.165) is 31.6 Å². The summed E-state index contributed by atoms with van der Waals surface area (Å²) in [6.45, 7) is 12.3. The third-order valence-electron chi connectivity index (χ3n) is 4.30. The highest BCUT2D eigenvalue weighted by atomic mass is 16.2. The predicted molar refractivity (Wildman–Crippen MR) is 103 cm³/mol. The van der Waals surface area contributed by atoms with Crippen LogP contribution in [0.5, 0.6) is 0 Å². The van der Waals surface area contributed by atoms with E-state index in [1.807, 2.05) is 32.9 Å². The first-order valence-electron chi connectivity index (χ1n) is 9.17. The summed E-state index contributed by atoms with van der Waals surface area (Å²) in [5, 5.41) is 5.92.